The van der Waals surface area contributed by atoms with Crippen LogP contribution in [0.1, 0.15) is 45.0 Å². The van der Waals surface area contributed by atoms with Gasteiger partial charge < -0.3 is 15.4 Å². The van der Waals surface area contributed by atoms with Crippen LogP contribution >= 0.6 is 0 Å². The molecule has 0 spiro atoms. The van der Waals surface area contributed by atoms with Gasteiger partial charge in [-0.1, -0.05) is 12.1 Å². The van der Waals surface area contributed by atoms with Gasteiger partial charge in [0.25, 0.3) is 5.91 Å². The normalized spacial score (nSPS) is 11.0. The van der Waals surface area contributed by atoms with E-state index < -0.39 is 0 Å². The van der Waals surface area contributed by atoms with Gasteiger partial charge in [-0.05, 0) is 46.8 Å². The number of benzene rings is 1. The summed E-state index contributed by atoms with van der Waals surface area (Å²) in [4.78, 5) is 26.5. The largest absolute Gasteiger partial charge is 0.493 e. The number of rotatable bonds is 10. The van der Waals surface area contributed by atoms with E-state index in [4.69, 9.17) is 4.74 Å². The second-order valence-corrected chi connectivity index (χ2v) is 6.39. The lowest BCUT2D eigenvalue weighted by atomic mass is 10.2. The third kappa shape index (κ3) is 7.13. The van der Waals surface area contributed by atoms with E-state index in [0.717, 1.165) is 6.54 Å². The van der Waals surface area contributed by atoms with Crippen LogP contribution in [0.2, 0.25) is 0 Å². The number of amides is 2. The SMILES string of the molecule is CCOc1ccccc1C(=O)NCC(=O)NCCN(C(C)C)C(C)C. The average molecular weight is 349 g/mol. The highest BCUT2D eigenvalue weighted by Crippen LogP contribution is 2.17. The maximum atomic E-state index is 12.2. The minimum atomic E-state index is -0.315. The molecule has 1 aromatic rings. The number of carbonyl (C=O) groups excluding carboxylic acids is 2. The van der Waals surface area contributed by atoms with Crippen molar-refractivity contribution < 1.29 is 14.3 Å². The number of nitrogens with one attached hydrogen (secondary N) is 2. The second kappa shape index (κ2) is 10.7. The van der Waals surface area contributed by atoms with Gasteiger partial charge in [0.2, 0.25) is 5.91 Å². The van der Waals surface area contributed by atoms with Crippen molar-refractivity contribution in [3.8, 4) is 5.75 Å². The van der Waals surface area contributed by atoms with Crippen molar-refractivity contribution in [2.24, 2.45) is 0 Å². The fraction of sp³-hybridized carbons (Fsp3) is 0.579. The van der Waals surface area contributed by atoms with Crippen LogP contribution in [0.4, 0.5) is 0 Å². The lowest BCUT2D eigenvalue weighted by molar-refractivity contribution is -0.120. The molecule has 0 saturated heterocycles. The van der Waals surface area contributed by atoms with Crippen molar-refractivity contribution in [2.75, 3.05) is 26.2 Å². The van der Waals surface area contributed by atoms with Gasteiger partial charge in [0.05, 0.1) is 18.7 Å². The molecule has 0 aliphatic carbocycles. The van der Waals surface area contributed by atoms with Gasteiger partial charge in [0, 0.05) is 25.2 Å². The molecule has 0 heterocycles. The van der Waals surface area contributed by atoms with E-state index in [9.17, 15) is 9.59 Å². The molecular formula is C19H31N3O3. The van der Waals surface area contributed by atoms with Crippen LogP contribution < -0.4 is 15.4 Å². The van der Waals surface area contributed by atoms with Gasteiger partial charge in [-0.15, -0.1) is 0 Å². The van der Waals surface area contributed by atoms with Crippen molar-refractivity contribution in [3.05, 3.63) is 29.8 Å². The molecule has 140 valence electrons. The zero-order valence-corrected chi connectivity index (χ0v) is 16.0. The Labute approximate surface area is 150 Å². The van der Waals surface area contributed by atoms with E-state index >= 15 is 0 Å². The van der Waals surface area contributed by atoms with E-state index in [-0.39, 0.29) is 18.4 Å². The zero-order valence-electron chi connectivity index (χ0n) is 16.0. The molecule has 0 unspecified atom stereocenters. The van der Waals surface area contributed by atoms with Gasteiger partial charge in [0.15, 0.2) is 0 Å². The Morgan fingerprint density at radius 1 is 1.08 bits per heavy atom. The standard InChI is InChI=1S/C19H31N3O3/c1-6-25-17-10-8-7-9-16(17)19(24)21-13-18(23)20-11-12-22(14(2)3)15(4)5/h7-10,14-15H,6,11-13H2,1-5H3,(H,20,23)(H,21,24). The minimum absolute atomic E-state index is 0.0529. The first kappa shape index (κ1) is 21.0. The summed E-state index contributed by atoms with van der Waals surface area (Å²) in [6.07, 6.45) is 0. The number of nitrogens with zero attached hydrogens (tertiary/aromatic N) is 1. The van der Waals surface area contributed by atoms with E-state index in [2.05, 4.69) is 43.2 Å². The van der Waals surface area contributed by atoms with Gasteiger partial charge >= 0.3 is 0 Å². The summed E-state index contributed by atoms with van der Waals surface area (Å²) in [5, 5.41) is 5.48. The third-order valence-corrected chi connectivity index (χ3v) is 3.86. The first-order valence-electron chi connectivity index (χ1n) is 8.89. The molecule has 0 fully saturated rings. The van der Waals surface area contributed by atoms with Gasteiger partial charge in [-0.25, -0.2) is 0 Å². The van der Waals surface area contributed by atoms with Crippen LogP contribution in [0.3, 0.4) is 0 Å². The Balaban J connectivity index is 2.43. The lowest BCUT2D eigenvalue weighted by Gasteiger charge is -2.30. The highest BCUT2D eigenvalue weighted by Gasteiger charge is 2.15. The van der Waals surface area contributed by atoms with Crippen LogP contribution in [0.15, 0.2) is 24.3 Å². The number of hydrogen-bond acceptors (Lipinski definition) is 4. The van der Waals surface area contributed by atoms with Gasteiger partial charge in [0.1, 0.15) is 5.75 Å². The molecule has 1 aromatic carbocycles. The quantitative estimate of drug-likeness (QED) is 0.678. The van der Waals surface area contributed by atoms with Crippen molar-refractivity contribution >= 4 is 11.8 Å². The first-order valence-corrected chi connectivity index (χ1v) is 8.89. The zero-order chi connectivity index (χ0) is 18.8. The molecule has 6 heteroatoms. The van der Waals surface area contributed by atoms with Crippen LogP contribution in [0.25, 0.3) is 0 Å². The summed E-state index contributed by atoms with van der Waals surface area (Å²) in [6.45, 7) is 12.2. The van der Waals surface area contributed by atoms with E-state index in [0.29, 0.717) is 36.5 Å². The van der Waals surface area contributed by atoms with Crippen LogP contribution in [0.5, 0.6) is 5.75 Å². The van der Waals surface area contributed by atoms with Gasteiger partial charge in [-0.3, -0.25) is 14.5 Å². The summed E-state index contributed by atoms with van der Waals surface area (Å²) in [5.74, 6) is 0.00677. The van der Waals surface area contributed by atoms with Crippen molar-refractivity contribution in [3.63, 3.8) is 0 Å². The van der Waals surface area contributed by atoms with Gasteiger partial charge in [-0.2, -0.15) is 0 Å². The molecule has 2 amide bonds. The minimum Gasteiger partial charge on any atom is -0.493 e. The summed E-state index contributed by atoms with van der Waals surface area (Å²) >= 11 is 0. The number of ether oxygens (including phenoxy) is 1. The predicted octanol–water partition coefficient (Wildman–Crippen LogP) is 2.05. The Kier molecular flexibility index (Phi) is 8.99. The second-order valence-electron chi connectivity index (χ2n) is 6.39. The maximum absolute atomic E-state index is 12.2. The Morgan fingerprint density at radius 2 is 1.72 bits per heavy atom. The molecule has 0 aliphatic heterocycles. The highest BCUT2D eigenvalue weighted by atomic mass is 16.5. The average Bonchev–Trinajstić information content (AvgIpc) is 2.56. The number of hydrogen-bond donors (Lipinski definition) is 2. The third-order valence-electron chi connectivity index (χ3n) is 3.86. The van der Waals surface area contributed by atoms with E-state index in [1.807, 2.05) is 13.0 Å². The molecule has 0 saturated carbocycles. The predicted molar refractivity (Wildman–Crippen MR) is 99.9 cm³/mol. The van der Waals surface area contributed by atoms with E-state index in [1.165, 1.54) is 0 Å². The fourth-order valence-corrected chi connectivity index (χ4v) is 2.69. The van der Waals surface area contributed by atoms with Crippen molar-refractivity contribution in [1.29, 1.82) is 0 Å². The molecule has 0 bridgehead atoms. The Bertz CT molecular complexity index is 551. The molecule has 0 aliphatic rings. The fourth-order valence-electron chi connectivity index (χ4n) is 2.69. The monoisotopic (exact) mass is 349 g/mol. The van der Waals surface area contributed by atoms with Crippen LogP contribution in [0, 0.1) is 0 Å². The molecule has 0 atom stereocenters. The lowest BCUT2D eigenvalue weighted by Crippen LogP contribution is -2.44. The highest BCUT2D eigenvalue weighted by molar-refractivity contribution is 5.98. The smallest absolute Gasteiger partial charge is 0.255 e. The number of para-hydroxylation sites is 1. The molecule has 1 rings (SSSR count). The molecule has 0 radical (unpaired) electrons. The van der Waals surface area contributed by atoms with Crippen molar-refractivity contribution in [2.45, 2.75) is 46.7 Å². The first-order chi connectivity index (χ1) is 11.9. The van der Waals surface area contributed by atoms with Crippen molar-refractivity contribution in [1.82, 2.24) is 15.5 Å². The molecular weight excluding hydrogens is 318 g/mol. The molecule has 0 aromatic heterocycles. The molecule has 25 heavy (non-hydrogen) atoms. The summed E-state index contributed by atoms with van der Waals surface area (Å²) in [7, 11) is 0. The molecule has 6 nitrogen and oxygen atoms in total. The van der Waals surface area contributed by atoms with E-state index in [1.54, 1.807) is 18.2 Å². The topological polar surface area (TPSA) is 70.7 Å². The number of carbonyl (C=O) groups is 2. The maximum Gasteiger partial charge on any atom is 0.255 e. The Morgan fingerprint density at radius 3 is 2.32 bits per heavy atom. The summed E-state index contributed by atoms with van der Waals surface area (Å²) in [6, 6.07) is 7.85. The van der Waals surface area contributed by atoms with Crippen LogP contribution in [-0.4, -0.2) is 55.0 Å². The van der Waals surface area contributed by atoms with Crippen LogP contribution in [-0.2, 0) is 4.79 Å². The molecule has 2 N–H and O–H groups in total. The summed E-state index contributed by atoms with van der Waals surface area (Å²) < 4.78 is 5.43. The Hall–Kier alpha value is -2.08. The summed E-state index contributed by atoms with van der Waals surface area (Å²) in [5.41, 5.74) is 0.433.